The highest BCUT2D eigenvalue weighted by Crippen LogP contribution is 2.30. The number of unbranched alkanes of at least 4 members (excludes halogenated alkanes) is 12. The van der Waals surface area contributed by atoms with Crippen LogP contribution in [0.5, 0.6) is 0 Å². The van der Waals surface area contributed by atoms with Crippen LogP contribution in [0.4, 0.5) is 0 Å². The number of aliphatic hydroxyl groups is 7. The monoisotopic (exact) mass is 635 g/mol. The number of hydrogen-bond acceptors (Lipinski definition) is 12. The van der Waals surface area contributed by atoms with Crippen molar-refractivity contribution in [1.82, 2.24) is 5.06 Å². The van der Waals surface area contributed by atoms with Crippen LogP contribution in [0.3, 0.4) is 0 Å². The van der Waals surface area contributed by atoms with Crippen LogP contribution in [0.25, 0.3) is 0 Å². The Kier molecular flexibility index (Phi) is 20.4. The van der Waals surface area contributed by atoms with Crippen molar-refractivity contribution in [2.24, 2.45) is 0 Å². The van der Waals surface area contributed by atoms with E-state index in [1.165, 1.54) is 69.3 Å². The Morgan fingerprint density at radius 3 is 1.75 bits per heavy atom. The summed E-state index contributed by atoms with van der Waals surface area (Å²) in [6.07, 6.45) is 7.19. The van der Waals surface area contributed by atoms with E-state index in [1.54, 1.807) is 0 Å². The minimum absolute atomic E-state index is 0.344. The molecule has 2 aliphatic rings. The van der Waals surface area contributed by atoms with Gasteiger partial charge in [0.1, 0.15) is 48.8 Å². The van der Waals surface area contributed by atoms with Gasteiger partial charge in [-0.2, -0.15) is 5.06 Å². The van der Waals surface area contributed by atoms with E-state index in [9.17, 15) is 35.7 Å². The van der Waals surface area contributed by atoms with Crippen LogP contribution in [-0.4, -0.2) is 129 Å². The van der Waals surface area contributed by atoms with Crippen molar-refractivity contribution in [2.45, 2.75) is 165 Å². The van der Waals surface area contributed by atoms with Crippen molar-refractivity contribution >= 4 is 0 Å². The summed E-state index contributed by atoms with van der Waals surface area (Å²) in [5, 5.41) is 72.9. The summed E-state index contributed by atoms with van der Waals surface area (Å²) >= 11 is 0. The quantitative estimate of drug-likeness (QED) is 0.0493. The standard InChI is InChI=1S/C32H61NO11/c1-3-5-6-7-8-9-10-11-12-13-14-15-16-17-18-19-20-41-33(4-2)31-28(39)27(38)30(24(22-35)42-31)44-32-29(40)26(37)25(36)23(21-34)43-32/h11-12,23-32,34-40H,3-10,13-22H2,1-2H3/b12-11-. The maximum Gasteiger partial charge on any atom is 0.187 e. The van der Waals surface area contributed by atoms with Crippen molar-refractivity contribution in [3.8, 4) is 0 Å². The molecular weight excluding hydrogens is 574 g/mol. The Bertz CT molecular complexity index is 743. The van der Waals surface area contributed by atoms with Crippen molar-refractivity contribution in [3.05, 3.63) is 12.2 Å². The minimum atomic E-state index is -1.71. The zero-order valence-electron chi connectivity index (χ0n) is 26.9. The largest absolute Gasteiger partial charge is 0.394 e. The first-order valence-corrected chi connectivity index (χ1v) is 16.9. The van der Waals surface area contributed by atoms with Crippen LogP contribution in [-0.2, 0) is 19.0 Å². The summed E-state index contributed by atoms with van der Waals surface area (Å²) in [5.41, 5.74) is 0. The molecule has 10 atom stereocenters. The van der Waals surface area contributed by atoms with Gasteiger partial charge in [-0.3, -0.25) is 4.84 Å². The molecule has 2 rings (SSSR count). The summed E-state index contributed by atoms with van der Waals surface area (Å²) in [6.45, 7) is 3.58. The Labute approximate surface area is 263 Å². The molecule has 0 aromatic carbocycles. The lowest BCUT2D eigenvalue weighted by atomic mass is 9.96. The number of aliphatic hydroxyl groups excluding tert-OH is 7. The lowest BCUT2D eigenvalue weighted by Crippen LogP contribution is -2.66. The Morgan fingerprint density at radius 1 is 0.614 bits per heavy atom. The zero-order chi connectivity index (χ0) is 32.3. The predicted molar refractivity (Wildman–Crippen MR) is 164 cm³/mol. The van der Waals surface area contributed by atoms with E-state index in [4.69, 9.17) is 19.0 Å². The summed E-state index contributed by atoms with van der Waals surface area (Å²) in [7, 11) is 0. The van der Waals surface area contributed by atoms with Crippen molar-refractivity contribution < 1.29 is 54.8 Å². The van der Waals surface area contributed by atoms with Crippen LogP contribution in [0.2, 0.25) is 0 Å². The third-order valence-corrected chi connectivity index (χ3v) is 8.49. The molecule has 0 spiro atoms. The molecule has 2 fully saturated rings. The second kappa shape index (κ2) is 22.7. The maximum atomic E-state index is 10.9. The lowest BCUT2D eigenvalue weighted by molar-refractivity contribution is -0.369. The smallest absolute Gasteiger partial charge is 0.187 e. The van der Waals surface area contributed by atoms with Gasteiger partial charge in [-0.25, -0.2) is 0 Å². The average molecular weight is 636 g/mol. The van der Waals surface area contributed by atoms with E-state index >= 15 is 0 Å². The fourth-order valence-corrected chi connectivity index (χ4v) is 5.68. The summed E-state index contributed by atoms with van der Waals surface area (Å²) in [5.74, 6) is 0. The SMILES string of the molecule is CCCCCCCC/C=C\CCCCCCCCON(CC)C1OC(CO)C(OC2OC(CO)C(O)C(O)C2O)C(O)C1O. The van der Waals surface area contributed by atoms with Gasteiger partial charge >= 0.3 is 0 Å². The fraction of sp³-hybridized carbons (Fsp3) is 0.938. The number of rotatable bonds is 23. The summed E-state index contributed by atoms with van der Waals surface area (Å²) < 4.78 is 16.8. The number of allylic oxidation sites excluding steroid dienone is 2. The van der Waals surface area contributed by atoms with Crippen molar-refractivity contribution in [1.29, 1.82) is 0 Å². The molecule has 0 aromatic heterocycles. The number of hydroxylamine groups is 2. The molecule has 0 amide bonds. The average Bonchev–Trinajstić information content (AvgIpc) is 3.03. The van der Waals surface area contributed by atoms with Crippen LogP contribution in [0.15, 0.2) is 12.2 Å². The van der Waals surface area contributed by atoms with Gasteiger partial charge in [0.15, 0.2) is 12.5 Å². The van der Waals surface area contributed by atoms with Gasteiger partial charge in [-0.15, -0.1) is 0 Å². The molecule has 0 saturated carbocycles. The van der Waals surface area contributed by atoms with Crippen molar-refractivity contribution in [3.63, 3.8) is 0 Å². The Hall–Kier alpha value is -0.740. The van der Waals surface area contributed by atoms with Crippen LogP contribution in [0.1, 0.15) is 104 Å². The van der Waals surface area contributed by atoms with E-state index < -0.39 is 74.6 Å². The Balaban J connectivity index is 1.66. The molecule has 0 aliphatic carbocycles. The molecule has 44 heavy (non-hydrogen) atoms. The van der Waals surface area contributed by atoms with E-state index in [2.05, 4.69) is 19.1 Å². The first kappa shape index (κ1) is 39.4. The second-order valence-electron chi connectivity index (χ2n) is 12.0. The molecule has 0 bridgehead atoms. The topological polar surface area (TPSA) is 182 Å². The molecule has 7 N–H and O–H groups in total. The van der Waals surface area contributed by atoms with E-state index in [0.717, 1.165) is 25.7 Å². The molecule has 0 radical (unpaired) electrons. The van der Waals surface area contributed by atoms with Gasteiger partial charge in [-0.05, 0) is 39.0 Å². The number of hydrogen-bond donors (Lipinski definition) is 7. The summed E-state index contributed by atoms with van der Waals surface area (Å²) in [6, 6.07) is 0. The fourth-order valence-electron chi connectivity index (χ4n) is 5.68. The summed E-state index contributed by atoms with van der Waals surface area (Å²) in [4.78, 5) is 5.87. The number of ether oxygens (including phenoxy) is 3. The van der Waals surface area contributed by atoms with Gasteiger partial charge in [0, 0.05) is 6.54 Å². The molecule has 10 unspecified atom stereocenters. The molecule has 0 aromatic rings. The highest BCUT2D eigenvalue weighted by molar-refractivity contribution is 4.95. The van der Waals surface area contributed by atoms with Gasteiger partial charge in [0.05, 0.1) is 19.8 Å². The van der Waals surface area contributed by atoms with E-state index in [0.29, 0.717) is 13.2 Å². The molecule has 12 nitrogen and oxygen atoms in total. The van der Waals surface area contributed by atoms with Crippen LogP contribution < -0.4 is 0 Å². The van der Waals surface area contributed by atoms with Crippen LogP contribution in [0, 0.1) is 0 Å². The third-order valence-electron chi connectivity index (χ3n) is 8.49. The van der Waals surface area contributed by atoms with Gasteiger partial charge in [-0.1, -0.05) is 76.9 Å². The number of likely N-dealkylation sites (N-methyl/N-ethyl adjacent to an activating group) is 1. The molecule has 12 heteroatoms. The highest BCUT2D eigenvalue weighted by Gasteiger charge is 2.51. The highest BCUT2D eigenvalue weighted by atomic mass is 16.7. The third kappa shape index (κ3) is 12.8. The van der Waals surface area contributed by atoms with Gasteiger partial charge < -0.3 is 50.0 Å². The van der Waals surface area contributed by atoms with E-state index in [1.807, 2.05) is 6.92 Å². The minimum Gasteiger partial charge on any atom is -0.394 e. The van der Waals surface area contributed by atoms with Crippen molar-refractivity contribution in [2.75, 3.05) is 26.4 Å². The van der Waals surface area contributed by atoms with Gasteiger partial charge in [0.2, 0.25) is 0 Å². The molecule has 2 saturated heterocycles. The first-order valence-electron chi connectivity index (χ1n) is 16.9. The number of nitrogens with zero attached hydrogens (tertiary/aromatic N) is 1. The normalized spacial score (nSPS) is 33.0. The maximum absolute atomic E-state index is 10.9. The van der Waals surface area contributed by atoms with Crippen LogP contribution >= 0.6 is 0 Å². The molecule has 2 heterocycles. The second-order valence-corrected chi connectivity index (χ2v) is 12.0. The molecule has 2 aliphatic heterocycles. The van der Waals surface area contributed by atoms with E-state index in [-0.39, 0.29) is 0 Å². The molecule has 260 valence electrons. The predicted octanol–water partition coefficient (Wildman–Crippen LogP) is 1.90. The first-order chi connectivity index (χ1) is 21.3. The molecular formula is C32H61NO11. The lowest BCUT2D eigenvalue weighted by Gasteiger charge is -2.47. The zero-order valence-corrected chi connectivity index (χ0v) is 26.9. The Morgan fingerprint density at radius 2 is 1.18 bits per heavy atom. The van der Waals surface area contributed by atoms with Gasteiger partial charge in [0.25, 0.3) is 0 Å².